The van der Waals surface area contributed by atoms with Gasteiger partial charge in [-0.3, -0.25) is 19.3 Å². The lowest BCUT2D eigenvalue weighted by Crippen LogP contribution is -2.44. The summed E-state index contributed by atoms with van der Waals surface area (Å²) in [6.07, 6.45) is 3.86. The van der Waals surface area contributed by atoms with Crippen molar-refractivity contribution in [3.8, 4) is 5.88 Å². The molecule has 10 nitrogen and oxygen atoms in total. The zero-order chi connectivity index (χ0) is 30.8. The van der Waals surface area contributed by atoms with Gasteiger partial charge in [0.1, 0.15) is 0 Å². The van der Waals surface area contributed by atoms with Gasteiger partial charge in [-0.1, -0.05) is 31.2 Å². The van der Waals surface area contributed by atoms with Crippen LogP contribution in [0.3, 0.4) is 0 Å². The first-order chi connectivity index (χ1) is 21.3. The summed E-state index contributed by atoms with van der Waals surface area (Å²) >= 11 is 0. The molecule has 3 aromatic carbocycles. The fourth-order valence-electron chi connectivity index (χ4n) is 5.61. The van der Waals surface area contributed by atoms with E-state index in [4.69, 9.17) is 0 Å². The van der Waals surface area contributed by atoms with Gasteiger partial charge < -0.3 is 25.2 Å². The normalized spacial score (nSPS) is 14.0. The van der Waals surface area contributed by atoms with Crippen molar-refractivity contribution in [2.24, 2.45) is 12.0 Å². The summed E-state index contributed by atoms with van der Waals surface area (Å²) in [5.41, 5.74) is 5.86. The number of aromatic amines is 1. The van der Waals surface area contributed by atoms with Gasteiger partial charge in [0.2, 0.25) is 0 Å². The van der Waals surface area contributed by atoms with Crippen LogP contribution in [0, 0.1) is 0 Å². The number of aromatic hydroxyl groups is 1. The molecule has 3 N–H and O–H groups in total. The lowest BCUT2D eigenvalue weighted by molar-refractivity contribution is 0.102. The van der Waals surface area contributed by atoms with Crippen molar-refractivity contribution in [2.75, 3.05) is 43.4 Å². The molecule has 0 aliphatic carbocycles. The van der Waals surface area contributed by atoms with E-state index < -0.39 is 0 Å². The molecule has 224 valence electrons. The van der Waals surface area contributed by atoms with Crippen molar-refractivity contribution in [1.82, 2.24) is 19.7 Å². The number of rotatable bonds is 8. The van der Waals surface area contributed by atoms with Crippen LogP contribution in [0.15, 0.2) is 77.9 Å². The summed E-state index contributed by atoms with van der Waals surface area (Å²) in [5, 5.41) is 18.5. The van der Waals surface area contributed by atoms with Crippen molar-refractivity contribution in [3.63, 3.8) is 0 Å². The molecule has 10 heteroatoms. The lowest BCUT2D eigenvalue weighted by Gasteiger charge is -2.34. The fourth-order valence-corrected chi connectivity index (χ4v) is 5.61. The summed E-state index contributed by atoms with van der Waals surface area (Å²) in [7, 11) is 3.95. The van der Waals surface area contributed by atoms with Crippen LogP contribution in [0.25, 0.3) is 10.9 Å². The summed E-state index contributed by atoms with van der Waals surface area (Å²) in [4.78, 5) is 38.6. The second-order valence-electron chi connectivity index (χ2n) is 11.1. The van der Waals surface area contributed by atoms with E-state index in [-0.39, 0.29) is 17.6 Å². The third-order valence-electron chi connectivity index (χ3n) is 8.16. The number of aromatic nitrogens is 3. The smallest absolute Gasteiger partial charge is 0.259 e. The molecule has 0 unspecified atom stereocenters. The van der Waals surface area contributed by atoms with Gasteiger partial charge in [0.15, 0.2) is 11.7 Å². The number of carbonyl (C=O) groups excluding carboxylic acids is 2. The Hall–Kier alpha value is -5.22. The molecule has 1 saturated heterocycles. The molecule has 44 heavy (non-hydrogen) atoms. The number of amides is 1. The average Bonchev–Trinajstić information content (AvgIpc) is 3.57. The van der Waals surface area contributed by atoms with Crippen molar-refractivity contribution >= 4 is 45.9 Å². The lowest BCUT2D eigenvalue weighted by atomic mass is 10.0. The second kappa shape index (κ2) is 12.2. The fraction of sp³-hybridized carbons (Fsp3) is 0.235. The number of H-pyrrole nitrogens is 1. The highest BCUT2D eigenvalue weighted by atomic mass is 16.3. The molecule has 0 spiro atoms. The molecule has 0 bridgehead atoms. The van der Waals surface area contributed by atoms with Crippen LogP contribution < -0.4 is 10.2 Å². The number of ketones is 1. The second-order valence-corrected chi connectivity index (χ2v) is 11.1. The molecule has 1 aliphatic rings. The Kier molecular flexibility index (Phi) is 7.99. The summed E-state index contributed by atoms with van der Waals surface area (Å²) in [5.74, 6) is -0.500. The number of hydrogen-bond acceptors (Lipinski definition) is 7. The minimum absolute atomic E-state index is 0.0195. The van der Waals surface area contributed by atoms with E-state index in [2.05, 4.69) is 49.4 Å². The van der Waals surface area contributed by atoms with Crippen LogP contribution in [0.2, 0.25) is 0 Å². The standard InChI is InChI=1S/C34H35N7O3/c1-4-31-29(21-36-40(31)3)34(44)37-25-7-5-6-22(18-25)32(42)23-8-13-27-28(33(43)38-30(27)19-23)20-35-24-9-11-26(12-10-24)41-16-14-39(2)15-17-41/h5-13,18-21,38,43H,4,14-17H2,1-3H3,(H,37,44). The Balaban J connectivity index is 1.17. The maximum absolute atomic E-state index is 13.4. The number of aliphatic imine (C=N–C) groups is 1. The number of piperazine rings is 1. The third-order valence-corrected chi connectivity index (χ3v) is 8.16. The van der Waals surface area contributed by atoms with Gasteiger partial charge >= 0.3 is 0 Å². The molecule has 0 radical (unpaired) electrons. The molecule has 5 aromatic rings. The maximum atomic E-state index is 13.4. The van der Waals surface area contributed by atoms with Crippen LogP contribution in [-0.4, -0.2) is 75.9 Å². The topological polar surface area (TPSA) is 119 Å². The quantitative estimate of drug-likeness (QED) is 0.170. The Morgan fingerprint density at radius 3 is 2.50 bits per heavy atom. The van der Waals surface area contributed by atoms with E-state index in [1.54, 1.807) is 66.6 Å². The number of fused-ring (bicyclic) bond motifs is 1. The highest BCUT2D eigenvalue weighted by Gasteiger charge is 2.18. The minimum atomic E-state index is -0.275. The summed E-state index contributed by atoms with van der Waals surface area (Å²) in [6.45, 7) is 6.06. The maximum Gasteiger partial charge on any atom is 0.259 e. The van der Waals surface area contributed by atoms with Gasteiger partial charge in [0.05, 0.1) is 28.7 Å². The molecular formula is C34H35N7O3. The van der Waals surface area contributed by atoms with Gasteiger partial charge in [0, 0.05) is 72.8 Å². The largest absolute Gasteiger partial charge is 0.494 e. The van der Waals surface area contributed by atoms with Gasteiger partial charge in [0.25, 0.3) is 5.91 Å². The van der Waals surface area contributed by atoms with Gasteiger partial charge in [-0.2, -0.15) is 5.10 Å². The number of likely N-dealkylation sites (N-methyl/N-ethyl adjacent to an activating group) is 1. The predicted octanol–water partition coefficient (Wildman–Crippen LogP) is 5.16. The first-order valence-corrected chi connectivity index (χ1v) is 14.7. The molecular weight excluding hydrogens is 554 g/mol. The Morgan fingerprint density at radius 2 is 1.75 bits per heavy atom. The SMILES string of the molecule is CCc1c(C(=O)Nc2cccc(C(=O)c3ccc4c(C=Nc5ccc(N6CCN(C)CC6)cc5)c(O)[nH]c4c3)c2)cnn1C. The van der Waals surface area contributed by atoms with Crippen LogP contribution in [0.5, 0.6) is 5.88 Å². The Labute approximate surface area is 255 Å². The number of nitrogens with one attached hydrogen (secondary N) is 2. The number of anilines is 2. The van der Waals surface area contributed by atoms with E-state index >= 15 is 0 Å². The molecule has 1 amide bonds. The molecule has 3 heterocycles. The summed E-state index contributed by atoms with van der Waals surface area (Å²) < 4.78 is 1.69. The van der Waals surface area contributed by atoms with Gasteiger partial charge in [-0.05, 0) is 55.9 Å². The van der Waals surface area contributed by atoms with E-state index in [1.165, 1.54) is 5.69 Å². The van der Waals surface area contributed by atoms with E-state index in [9.17, 15) is 14.7 Å². The van der Waals surface area contributed by atoms with Crippen molar-refractivity contribution in [3.05, 3.63) is 101 Å². The van der Waals surface area contributed by atoms with Crippen molar-refractivity contribution in [2.45, 2.75) is 13.3 Å². The average molecular weight is 590 g/mol. The zero-order valence-electron chi connectivity index (χ0n) is 25.0. The highest BCUT2D eigenvalue weighted by Crippen LogP contribution is 2.29. The zero-order valence-corrected chi connectivity index (χ0v) is 25.0. The van der Waals surface area contributed by atoms with Crippen molar-refractivity contribution < 1.29 is 14.7 Å². The number of carbonyl (C=O) groups is 2. The van der Waals surface area contributed by atoms with Gasteiger partial charge in [-0.15, -0.1) is 0 Å². The monoisotopic (exact) mass is 589 g/mol. The molecule has 0 saturated carbocycles. The first kappa shape index (κ1) is 28.9. The number of hydrogen-bond donors (Lipinski definition) is 3. The first-order valence-electron chi connectivity index (χ1n) is 14.7. The Morgan fingerprint density at radius 1 is 1.00 bits per heavy atom. The molecule has 2 aromatic heterocycles. The number of benzene rings is 3. The third kappa shape index (κ3) is 5.84. The summed E-state index contributed by atoms with van der Waals surface area (Å²) in [6, 6.07) is 20.2. The molecule has 1 aliphatic heterocycles. The minimum Gasteiger partial charge on any atom is -0.494 e. The molecule has 0 atom stereocenters. The van der Waals surface area contributed by atoms with Crippen LogP contribution >= 0.6 is 0 Å². The van der Waals surface area contributed by atoms with E-state index in [1.807, 2.05) is 19.1 Å². The van der Waals surface area contributed by atoms with Crippen LogP contribution in [0.4, 0.5) is 17.1 Å². The molecule has 6 rings (SSSR count). The van der Waals surface area contributed by atoms with Crippen molar-refractivity contribution in [1.29, 1.82) is 0 Å². The van der Waals surface area contributed by atoms with E-state index in [0.29, 0.717) is 39.9 Å². The predicted molar refractivity (Wildman–Crippen MR) is 174 cm³/mol. The Bertz CT molecular complexity index is 1860. The number of aryl methyl sites for hydroxylation is 1. The highest BCUT2D eigenvalue weighted by molar-refractivity contribution is 6.13. The van der Waals surface area contributed by atoms with Gasteiger partial charge in [-0.25, -0.2) is 0 Å². The van der Waals surface area contributed by atoms with Crippen LogP contribution in [0.1, 0.15) is 44.5 Å². The molecule has 1 fully saturated rings. The van der Waals surface area contributed by atoms with Crippen LogP contribution in [-0.2, 0) is 13.5 Å². The van der Waals surface area contributed by atoms with E-state index in [0.717, 1.165) is 42.9 Å². The number of nitrogens with zero attached hydrogens (tertiary/aromatic N) is 5.